The van der Waals surface area contributed by atoms with E-state index in [1.807, 2.05) is 6.07 Å². The quantitative estimate of drug-likeness (QED) is 0.701. The molecule has 1 N–H and O–H groups in total. The molecule has 8 heteroatoms. The van der Waals surface area contributed by atoms with Gasteiger partial charge in [0.05, 0.1) is 19.2 Å². The molecule has 140 valence electrons. The van der Waals surface area contributed by atoms with Gasteiger partial charge in [-0.15, -0.1) is 11.3 Å². The van der Waals surface area contributed by atoms with Crippen LogP contribution in [0.15, 0.2) is 29.6 Å². The topological polar surface area (TPSA) is 76.1 Å². The summed E-state index contributed by atoms with van der Waals surface area (Å²) in [6.07, 6.45) is 0.735. The summed E-state index contributed by atoms with van der Waals surface area (Å²) < 4.78 is 10.4. The Bertz CT molecular complexity index is 754. The number of benzene rings is 1. The summed E-state index contributed by atoms with van der Waals surface area (Å²) >= 11 is 7.36. The molecule has 1 aromatic heterocycles. The van der Waals surface area contributed by atoms with E-state index < -0.39 is 5.97 Å². The number of aryl methyl sites for hydroxylation is 1. The van der Waals surface area contributed by atoms with Gasteiger partial charge in [0.15, 0.2) is 0 Å². The Morgan fingerprint density at radius 2 is 1.81 bits per heavy atom. The smallest absolute Gasteiger partial charge is 0.323 e. The van der Waals surface area contributed by atoms with Gasteiger partial charge in [0, 0.05) is 29.3 Å². The van der Waals surface area contributed by atoms with Crippen LogP contribution in [0, 0.1) is 0 Å². The van der Waals surface area contributed by atoms with E-state index in [1.165, 1.54) is 30.5 Å². The zero-order valence-corrected chi connectivity index (χ0v) is 16.1. The molecule has 26 heavy (non-hydrogen) atoms. The highest BCUT2D eigenvalue weighted by Crippen LogP contribution is 2.24. The fraction of sp³-hybridized carbons (Fsp3) is 0.333. The van der Waals surface area contributed by atoms with Crippen molar-refractivity contribution in [3.05, 3.63) is 45.1 Å². The van der Waals surface area contributed by atoms with Crippen LogP contribution in [0.2, 0.25) is 5.02 Å². The van der Waals surface area contributed by atoms with Gasteiger partial charge in [-0.2, -0.15) is 0 Å². The molecule has 0 fully saturated rings. The number of nitrogens with zero attached hydrogens (tertiary/aromatic N) is 1. The number of rotatable bonds is 9. The van der Waals surface area contributed by atoms with E-state index in [4.69, 9.17) is 26.2 Å². The van der Waals surface area contributed by atoms with Gasteiger partial charge in [0.1, 0.15) is 18.0 Å². The maximum Gasteiger partial charge on any atom is 0.323 e. The molecule has 6 nitrogen and oxygen atoms in total. The largest absolute Gasteiger partial charge is 0.497 e. The zero-order valence-electron chi connectivity index (χ0n) is 14.5. The van der Waals surface area contributed by atoms with Gasteiger partial charge in [-0.1, -0.05) is 11.6 Å². The number of methoxy groups -OCH3 is 2. The molecule has 0 unspecified atom stereocenters. The number of hydrogen-bond donors (Lipinski definition) is 1. The Morgan fingerprint density at radius 3 is 2.31 bits per heavy atom. The van der Waals surface area contributed by atoms with Crippen molar-refractivity contribution in [3.8, 4) is 11.5 Å². The molecule has 0 atom stereocenters. The van der Waals surface area contributed by atoms with Gasteiger partial charge in [0.25, 0.3) is 0 Å². The Labute approximate surface area is 160 Å². The maximum absolute atomic E-state index is 12.5. The first-order valence-electron chi connectivity index (χ1n) is 7.85. The molecule has 1 amide bonds. The maximum atomic E-state index is 12.5. The number of halogens is 1. The molecular formula is C18H20ClNO5S. The summed E-state index contributed by atoms with van der Waals surface area (Å²) in [5, 5.41) is 11.6. The fourth-order valence-corrected chi connectivity index (χ4v) is 3.52. The van der Waals surface area contributed by atoms with Crippen LogP contribution < -0.4 is 9.47 Å². The van der Waals surface area contributed by atoms with Gasteiger partial charge < -0.3 is 19.5 Å². The molecule has 0 saturated heterocycles. The van der Waals surface area contributed by atoms with Crippen molar-refractivity contribution in [1.82, 2.24) is 4.90 Å². The highest BCUT2D eigenvalue weighted by atomic mass is 35.5. The third-order valence-corrected chi connectivity index (χ3v) is 5.01. The zero-order chi connectivity index (χ0) is 19.1. The van der Waals surface area contributed by atoms with E-state index in [0.29, 0.717) is 22.9 Å². The Hall–Kier alpha value is -2.25. The first-order chi connectivity index (χ1) is 12.4. The van der Waals surface area contributed by atoms with Crippen molar-refractivity contribution in [2.75, 3.05) is 20.8 Å². The van der Waals surface area contributed by atoms with Crippen LogP contribution in [-0.2, 0) is 22.6 Å². The second-order valence-corrected chi connectivity index (χ2v) is 7.03. The predicted octanol–water partition coefficient (Wildman–Crippen LogP) is 3.46. The number of carbonyl (C=O) groups excluding carboxylic acids is 1. The van der Waals surface area contributed by atoms with Crippen LogP contribution in [0.4, 0.5) is 0 Å². The molecule has 0 aliphatic rings. The number of ether oxygens (including phenoxy) is 2. The molecule has 0 radical (unpaired) electrons. The van der Waals surface area contributed by atoms with Crippen molar-refractivity contribution in [3.63, 3.8) is 0 Å². The molecule has 0 aliphatic carbocycles. The van der Waals surface area contributed by atoms with Crippen molar-refractivity contribution in [1.29, 1.82) is 0 Å². The molecule has 0 spiro atoms. The van der Waals surface area contributed by atoms with Crippen molar-refractivity contribution in [2.24, 2.45) is 0 Å². The number of thiophene rings is 1. The number of hydrogen-bond acceptors (Lipinski definition) is 5. The second-order valence-electron chi connectivity index (χ2n) is 5.60. The van der Waals surface area contributed by atoms with Crippen LogP contribution in [0.1, 0.15) is 16.9 Å². The number of carbonyl (C=O) groups is 2. The van der Waals surface area contributed by atoms with Crippen molar-refractivity contribution < 1.29 is 24.2 Å². The second kappa shape index (κ2) is 9.45. The highest BCUT2D eigenvalue weighted by Gasteiger charge is 2.18. The van der Waals surface area contributed by atoms with Crippen LogP contribution >= 0.6 is 22.9 Å². The number of amides is 1. The molecule has 2 rings (SSSR count). The fourth-order valence-electron chi connectivity index (χ4n) is 2.45. The average Bonchev–Trinajstić information content (AvgIpc) is 3.03. The van der Waals surface area contributed by atoms with E-state index in [2.05, 4.69) is 0 Å². The van der Waals surface area contributed by atoms with Gasteiger partial charge in [0.2, 0.25) is 5.91 Å². The highest BCUT2D eigenvalue weighted by molar-refractivity contribution is 7.10. The molecule has 0 bridgehead atoms. The first-order valence-corrected chi connectivity index (χ1v) is 9.11. The Balaban J connectivity index is 2.10. The molecule has 1 heterocycles. The average molecular weight is 398 g/mol. The third-order valence-electron chi connectivity index (χ3n) is 3.67. The minimum atomic E-state index is -1.06. The molecule has 2 aromatic rings. The van der Waals surface area contributed by atoms with E-state index in [9.17, 15) is 9.59 Å². The lowest BCUT2D eigenvalue weighted by Crippen LogP contribution is -2.35. The summed E-state index contributed by atoms with van der Waals surface area (Å²) in [4.78, 5) is 26.0. The van der Waals surface area contributed by atoms with Crippen molar-refractivity contribution >= 4 is 34.8 Å². The summed E-state index contributed by atoms with van der Waals surface area (Å²) in [6, 6.07) is 7.04. The molecule has 0 saturated carbocycles. The number of aliphatic carboxylic acids is 1. The van der Waals surface area contributed by atoms with Crippen LogP contribution in [-0.4, -0.2) is 42.6 Å². The molecule has 1 aromatic carbocycles. The lowest BCUT2D eigenvalue weighted by molar-refractivity contribution is -0.144. The predicted molar refractivity (Wildman–Crippen MR) is 100 cm³/mol. The number of carboxylic acids is 1. The molecule has 0 aliphatic heterocycles. The van der Waals surface area contributed by atoms with E-state index in [0.717, 1.165) is 10.4 Å². The van der Waals surface area contributed by atoms with Crippen molar-refractivity contribution in [2.45, 2.75) is 19.4 Å². The third kappa shape index (κ3) is 5.93. The minimum absolute atomic E-state index is 0.157. The van der Waals surface area contributed by atoms with Gasteiger partial charge >= 0.3 is 5.97 Å². The summed E-state index contributed by atoms with van der Waals surface area (Å²) in [5.74, 6) is -0.142. The van der Waals surface area contributed by atoms with E-state index >= 15 is 0 Å². The Morgan fingerprint density at radius 1 is 1.15 bits per heavy atom. The standard InChI is InChI=1S/C18H20ClNO5S/c1-24-14-5-12(6-15(8-14)25-2)9-20(10-18(22)23)17(21)4-3-16-7-13(19)11-26-16/h5-8,11H,3-4,9-10H2,1-2H3,(H,22,23). The van der Waals surface area contributed by atoms with E-state index in [-0.39, 0.29) is 25.4 Å². The lowest BCUT2D eigenvalue weighted by Gasteiger charge is -2.21. The van der Waals surface area contributed by atoms with E-state index in [1.54, 1.807) is 23.6 Å². The van der Waals surface area contributed by atoms with Gasteiger partial charge in [-0.3, -0.25) is 9.59 Å². The normalized spacial score (nSPS) is 10.4. The minimum Gasteiger partial charge on any atom is -0.497 e. The van der Waals surface area contributed by atoms with Crippen LogP contribution in [0.25, 0.3) is 0 Å². The summed E-state index contributed by atoms with van der Waals surface area (Å²) in [7, 11) is 3.07. The molecular weight excluding hydrogens is 378 g/mol. The van der Waals surface area contributed by atoms with Crippen LogP contribution in [0.5, 0.6) is 11.5 Å². The SMILES string of the molecule is COc1cc(CN(CC(=O)O)C(=O)CCc2cc(Cl)cs2)cc(OC)c1. The lowest BCUT2D eigenvalue weighted by atomic mass is 10.1. The van der Waals surface area contributed by atoms with Gasteiger partial charge in [-0.05, 0) is 30.2 Å². The van der Waals surface area contributed by atoms with Gasteiger partial charge in [-0.25, -0.2) is 0 Å². The number of carboxylic acid groups (broad SMARTS) is 1. The summed E-state index contributed by atoms with van der Waals surface area (Å²) in [6.45, 7) is -0.215. The van der Waals surface area contributed by atoms with Crippen LogP contribution in [0.3, 0.4) is 0 Å². The Kier molecular flexibility index (Phi) is 7.29. The summed E-state index contributed by atoms with van der Waals surface area (Å²) in [5.41, 5.74) is 0.731. The first kappa shape index (κ1) is 20.1. The monoisotopic (exact) mass is 397 g/mol.